The predicted molar refractivity (Wildman–Crippen MR) is 111 cm³/mol. The Balaban J connectivity index is 1.46. The molecule has 5 nitrogen and oxygen atoms in total. The van der Waals surface area contributed by atoms with Crippen LogP contribution >= 0.6 is 11.8 Å². The summed E-state index contributed by atoms with van der Waals surface area (Å²) in [7, 11) is 0. The fourth-order valence-corrected chi connectivity index (χ4v) is 4.85. The molecular weight excluding hydrogens is 356 g/mol. The molecule has 144 valence electrons. The lowest BCUT2D eigenvalue weighted by Gasteiger charge is -2.20. The van der Waals surface area contributed by atoms with Gasteiger partial charge in [-0.2, -0.15) is 0 Å². The van der Waals surface area contributed by atoms with Crippen LogP contribution in [0.15, 0.2) is 29.3 Å². The topological polar surface area (TPSA) is 58.1 Å². The lowest BCUT2D eigenvalue weighted by atomic mass is 10.1. The smallest absolute Gasteiger partial charge is 0.230 e. The van der Waals surface area contributed by atoms with Gasteiger partial charge in [-0.25, -0.2) is 9.97 Å². The van der Waals surface area contributed by atoms with E-state index in [1.165, 1.54) is 50.3 Å². The van der Waals surface area contributed by atoms with E-state index in [2.05, 4.69) is 10.2 Å². The molecule has 27 heavy (non-hydrogen) atoms. The number of hydrogen-bond donors (Lipinski definition) is 1. The second-order valence-electron chi connectivity index (χ2n) is 7.58. The summed E-state index contributed by atoms with van der Waals surface area (Å²) in [5.41, 5.74) is 1.82. The highest BCUT2D eigenvalue weighted by atomic mass is 32.2. The van der Waals surface area contributed by atoms with Gasteiger partial charge in [-0.15, -0.1) is 0 Å². The molecule has 0 atom stereocenters. The van der Waals surface area contributed by atoms with E-state index < -0.39 is 0 Å². The molecule has 1 saturated carbocycles. The Kier molecular flexibility index (Phi) is 6.12. The number of fused-ring (bicyclic) bond motifs is 1. The van der Waals surface area contributed by atoms with Crippen LogP contribution in [0.3, 0.4) is 0 Å². The van der Waals surface area contributed by atoms with E-state index >= 15 is 0 Å². The van der Waals surface area contributed by atoms with Crippen molar-refractivity contribution in [3.05, 3.63) is 24.3 Å². The fraction of sp³-hybridized carbons (Fsp3) is 0.571. The van der Waals surface area contributed by atoms with Crippen molar-refractivity contribution in [2.75, 3.05) is 23.7 Å². The standard InChI is InChI=1S/C21H28N4OS/c26-19(22-16-9-3-1-2-4-10-16)15-27-21-20(25-13-7-8-14-25)23-17-11-5-6-12-18(17)24-21/h5-6,11-12,16H,1-4,7-10,13-15H2,(H,22,26). The van der Waals surface area contributed by atoms with Crippen molar-refractivity contribution in [1.29, 1.82) is 0 Å². The van der Waals surface area contributed by atoms with Crippen LogP contribution in [0.2, 0.25) is 0 Å². The number of nitrogens with one attached hydrogen (secondary N) is 1. The molecule has 1 amide bonds. The van der Waals surface area contributed by atoms with E-state index in [1.807, 2.05) is 24.3 Å². The molecule has 4 rings (SSSR count). The number of amides is 1. The van der Waals surface area contributed by atoms with Crippen LogP contribution < -0.4 is 10.2 Å². The Bertz CT molecular complexity index is 783. The maximum absolute atomic E-state index is 12.5. The summed E-state index contributed by atoms with van der Waals surface area (Å²) in [6.45, 7) is 2.05. The van der Waals surface area contributed by atoms with Crippen LogP contribution in [0.5, 0.6) is 0 Å². The number of rotatable bonds is 5. The molecule has 2 heterocycles. The van der Waals surface area contributed by atoms with Gasteiger partial charge in [0.15, 0.2) is 5.82 Å². The third kappa shape index (κ3) is 4.72. The largest absolute Gasteiger partial charge is 0.354 e. The molecule has 0 radical (unpaired) electrons. The van der Waals surface area contributed by atoms with Crippen molar-refractivity contribution in [2.24, 2.45) is 0 Å². The minimum absolute atomic E-state index is 0.120. The summed E-state index contributed by atoms with van der Waals surface area (Å²) in [5.74, 6) is 1.47. The van der Waals surface area contributed by atoms with Gasteiger partial charge in [0.2, 0.25) is 5.91 Å². The molecule has 6 heteroatoms. The van der Waals surface area contributed by atoms with Gasteiger partial charge in [-0.1, -0.05) is 49.6 Å². The number of nitrogens with zero attached hydrogens (tertiary/aromatic N) is 3. The summed E-state index contributed by atoms with van der Waals surface area (Å²) in [5, 5.41) is 4.11. The summed E-state index contributed by atoms with van der Waals surface area (Å²) in [4.78, 5) is 24.5. The Labute approximate surface area is 165 Å². The number of anilines is 1. The molecule has 1 aliphatic carbocycles. The number of hydrogen-bond acceptors (Lipinski definition) is 5. The van der Waals surface area contributed by atoms with E-state index in [9.17, 15) is 4.79 Å². The van der Waals surface area contributed by atoms with Crippen LogP contribution in [0.4, 0.5) is 5.82 Å². The zero-order chi connectivity index (χ0) is 18.5. The normalized spacial score (nSPS) is 18.6. The summed E-state index contributed by atoms with van der Waals surface area (Å²) < 4.78 is 0. The molecule has 0 spiro atoms. The molecule has 2 aliphatic rings. The molecule has 1 aromatic heterocycles. The molecule has 2 aromatic rings. The van der Waals surface area contributed by atoms with Crippen molar-refractivity contribution in [1.82, 2.24) is 15.3 Å². The first-order valence-corrected chi connectivity index (χ1v) is 11.2. The van der Waals surface area contributed by atoms with E-state index in [-0.39, 0.29) is 5.91 Å². The van der Waals surface area contributed by atoms with Crippen LogP contribution in [0, 0.1) is 0 Å². The van der Waals surface area contributed by atoms with E-state index in [1.54, 1.807) is 0 Å². The Morgan fingerprint density at radius 2 is 1.67 bits per heavy atom. The lowest BCUT2D eigenvalue weighted by molar-refractivity contribution is -0.119. The van der Waals surface area contributed by atoms with Crippen molar-refractivity contribution in [3.8, 4) is 0 Å². The number of thioether (sulfide) groups is 1. The molecule has 0 bridgehead atoms. The van der Waals surface area contributed by atoms with Gasteiger partial charge in [0.05, 0.1) is 16.8 Å². The van der Waals surface area contributed by atoms with Gasteiger partial charge in [0.25, 0.3) is 0 Å². The minimum Gasteiger partial charge on any atom is -0.354 e. The maximum Gasteiger partial charge on any atom is 0.230 e. The highest BCUT2D eigenvalue weighted by Gasteiger charge is 2.21. The van der Waals surface area contributed by atoms with Crippen LogP contribution in [0.1, 0.15) is 51.4 Å². The second-order valence-corrected chi connectivity index (χ2v) is 8.54. The van der Waals surface area contributed by atoms with Gasteiger partial charge in [-0.3, -0.25) is 4.79 Å². The average molecular weight is 385 g/mol. The highest BCUT2D eigenvalue weighted by molar-refractivity contribution is 8.00. The van der Waals surface area contributed by atoms with Crippen molar-refractivity contribution >= 4 is 34.5 Å². The van der Waals surface area contributed by atoms with Crippen molar-refractivity contribution < 1.29 is 4.79 Å². The first kappa shape index (κ1) is 18.5. The number of aromatic nitrogens is 2. The number of para-hydroxylation sites is 2. The average Bonchev–Trinajstić information content (AvgIpc) is 3.11. The second kappa shape index (κ2) is 8.91. The summed E-state index contributed by atoms with van der Waals surface area (Å²) >= 11 is 1.52. The van der Waals surface area contributed by atoms with E-state index in [0.29, 0.717) is 11.8 Å². The van der Waals surface area contributed by atoms with Gasteiger partial charge in [-0.05, 0) is 37.8 Å². The number of benzene rings is 1. The SMILES string of the molecule is O=C(CSc1nc2ccccc2nc1N1CCCC1)NC1CCCCCC1. The van der Waals surface area contributed by atoms with E-state index in [4.69, 9.17) is 9.97 Å². The number of carbonyl (C=O) groups is 1. The predicted octanol–water partition coefficient (Wildman–Crippen LogP) is 4.16. The van der Waals surface area contributed by atoms with Gasteiger partial charge >= 0.3 is 0 Å². The van der Waals surface area contributed by atoms with Crippen molar-refractivity contribution in [3.63, 3.8) is 0 Å². The molecule has 2 fully saturated rings. The first-order chi connectivity index (χ1) is 13.3. The maximum atomic E-state index is 12.5. The third-order valence-electron chi connectivity index (χ3n) is 5.49. The quantitative estimate of drug-likeness (QED) is 0.620. The molecule has 1 N–H and O–H groups in total. The van der Waals surface area contributed by atoms with Crippen molar-refractivity contribution in [2.45, 2.75) is 62.4 Å². The zero-order valence-electron chi connectivity index (χ0n) is 15.8. The molecule has 1 saturated heterocycles. The highest BCUT2D eigenvalue weighted by Crippen LogP contribution is 2.31. The van der Waals surface area contributed by atoms with Gasteiger partial charge in [0.1, 0.15) is 5.03 Å². The van der Waals surface area contributed by atoms with Gasteiger partial charge < -0.3 is 10.2 Å². The molecular formula is C21H28N4OS. The van der Waals surface area contributed by atoms with Gasteiger partial charge in [0, 0.05) is 19.1 Å². The molecule has 0 unspecified atom stereocenters. The Morgan fingerprint density at radius 3 is 2.37 bits per heavy atom. The number of carbonyl (C=O) groups excluding carboxylic acids is 1. The monoisotopic (exact) mass is 384 g/mol. The lowest BCUT2D eigenvalue weighted by Crippen LogP contribution is -2.35. The third-order valence-corrected chi connectivity index (χ3v) is 6.44. The fourth-order valence-electron chi connectivity index (χ4n) is 4.03. The van der Waals surface area contributed by atoms with Crippen LogP contribution in [-0.4, -0.2) is 40.8 Å². The van der Waals surface area contributed by atoms with E-state index in [0.717, 1.165) is 47.8 Å². The Hall–Kier alpha value is -1.82. The Morgan fingerprint density at radius 1 is 1.00 bits per heavy atom. The van der Waals surface area contributed by atoms with Crippen LogP contribution in [-0.2, 0) is 4.79 Å². The molecule has 1 aliphatic heterocycles. The summed E-state index contributed by atoms with van der Waals surface area (Å²) in [6, 6.07) is 8.33. The summed E-state index contributed by atoms with van der Waals surface area (Å²) in [6.07, 6.45) is 9.68. The first-order valence-electron chi connectivity index (χ1n) is 10.2. The minimum atomic E-state index is 0.120. The zero-order valence-corrected chi connectivity index (χ0v) is 16.6. The molecule has 1 aromatic carbocycles. The van der Waals surface area contributed by atoms with Crippen LogP contribution in [0.25, 0.3) is 11.0 Å².